The van der Waals surface area contributed by atoms with Gasteiger partial charge in [0.1, 0.15) is 0 Å². The molecule has 0 bridgehead atoms. The van der Waals surface area contributed by atoms with Gasteiger partial charge in [-0.3, -0.25) is 9.59 Å². The van der Waals surface area contributed by atoms with Crippen molar-refractivity contribution in [2.24, 2.45) is 28.6 Å². The molecule has 0 aromatic heterocycles. The summed E-state index contributed by atoms with van der Waals surface area (Å²) in [6.07, 6.45) is 19.8. The van der Waals surface area contributed by atoms with E-state index in [2.05, 4.69) is 44.5 Å². The molecule has 0 unspecified atom stereocenters. The van der Waals surface area contributed by atoms with Gasteiger partial charge in [-0.2, -0.15) is 0 Å². The number of carbonyl (C=O) groups excluding carboxylic acids is 2. The van der Waals surface area contributed by atoms with Crippen LogP contribution in [0.15, 0.2) is 0 Å². The van der Waals surface area contributed by atoms with Crippen molar-refractivity contribution in [2.45, 2.75) is 149 Å². The number of hydrogen-bond acceptors (Lipinski definition) is 2. The highest BCUT2D eigenvalue weighted by Crippen LogP contribution is 2.65. The minimum Gasteiger partial charge on any atom is -0.342 e. The first-order valence-electron chi connectivity index (χ1n) is 15.8. The molecule has 0 aromatic rings. The molecule has 4 aliphatic rings. The summed E-state index contributed by atoms with van der Waals surface area (Å²) in [5, 5.41) is 0. The average Bonchev–Trinajstić information content (AvgIpc) is 3.21. The number of nitrogens with zero attached hydrogens (tertiary/aromatic N) is 2. The fourth-order valence-corrected chi connectivity index (χ4v) is 9.64. The summed E-state index contributed by atoms with van der Waals surface area (Å²) >= 11 is 0. The van der Waals surface area contributed by atoms with Gasteiger partial charge in [-0.15, -0.1) is 0 Å². The van der Waals surface area contributed by atoms with Gasteiger partial charge in [-0.05, 0) is 86.4 Å². The van der Waals surface area contributed by atoms with Crippen LogP contribution in [0.4, 0.5) is 0 Å². The van der Waals surface area contributed by atoms with Crippen molar-refractivity contribution in [3.63, 3.8) is 0 Å². The van der Waals surface area contributed by atoms with Gasteiger partial charge in [0, 0.05) is 38.5 Å². The first-order valence-corrected chi connectivity index (χ1v) is 15.8. The SMILES string of the molecule is CCCCCCCN(C(=O)CCCCC)[C@H]1CC[C@H]2[C@@H]3CC[C@H]4N(C)C(=O)CC[C@]4(C)[C@H]3CC[C@]12C. The second kappa shape index (κ2) is 11.8. The molecule has 1 heterocycles. The van der Waals surface area contributed by atoms with Crippen LogP contribution in [0.2, 0.25) is 0 Å². The van der Waals surface area contributed by atoms with Crippen LogP contribution in [-0.4, -0.2) is 47.3 Å². The van der Waals surface area contributed by atoms with Gasteiger partial charge in [-0.25, -0.2) is 0 Å². The van der Waals surface area contributed by atoms with E-state index < -0.39 is 0 Å². The van der Waals surface area contributed by atoms with Gasteiger partial charge in [0.25, 0.3) is 0 Å². The molecule has 0 N–H and O–H groups in total. The summed E-state index contributed by atoms with van der Waals surface area (Å²) in [6, 6.07) is 0.867. The third kappa shape index (κ3) is 5.13. The predicted octanol–water partition coefficient (Wildman–Crippen LogP) is 7.60. The van der Waals surface area contributed by atoms with E-state index in [9.17, 15) is 9.59 Å². The molecular weight excluding hydrogens is 444 g/mol. The minimum atomic E-state index is 0.268. The van der Waals surface area contributed by atoms with Gasteiger partial charge < -0.3 is 9.80 Å². The van der Waals surface area contributed by atoms with Gasteiger partial charge >= 0.3 is 0 Å². The van der Waals surface area contributed by atoms with Crippen molar-refractivity contribution < 1.29 is 9.59 Å². The smallest absolute Gasteiger partial charge is 0.222 e. The molecule has 0 aromatic carbocycles. The van der Waals surface area contributed by atoms with Crippen LogP contribution in [-0.2, 0) is 9.59 Å². The number of likely N-dealkylation sites (tertiary alicyclic amines) is 1. The van der Waals surface area contributed by atoms with Gasteiger partial charge in [0.15, 0.2) is 0 Å². The van der Waals surface area contributed by atoms with E-state index in [1.807, 2.05) is 0 Å². The number of fused-ring (bicyclic) bond motifs is 5. The van der Waals surface area contributed by atoms with Crippen LogP contribution < -0.4 is 0 Å². The van der Waals surface area contributed by atoms with Crippen molar-refractivity contribution in [1.82, 2.24) is 9.80 Å². The van der Waals surface area contributed by atoms with Gasteiger partial charge in [0.2, 0.25) is 11.8 Å². The van der Waals surface area contributed by atoms with Crippen molar-refractivity contribution in [1.29, 1.82) is 0 Å². The van der Waals surface area contributed by atoms with Crippen LogP contribution in [0, 0.1) is 28.6 Å². The Morgan fingerprint density at radius 3 is 2.31 bits per heavy atom. The normalized spacial score (nSPS) is 37.9. The second-order valence-electron chi connectivity index (χ2n) is 13.6. The van der Waals surface area contributed by atoms with Crippen LogP contribution in [0.1, 0.15) is 137 Å². The number of rotatable bonds is 11. The minimum absolute atomic E-state index is 0.268. The maximum Gasteiger partial charge on any atom is 0.222 e. The fourth-order valence-electron chi connectivity index (χ4n) is 9.64. The van der Waals surface area contributed by atoms with E-state index in [1.165, 1.54) is 83.5 Å². The first-order chi connectivity index (χ1) is 17.3. The Kier molecular flexibility index (Phi) is 9.14. The van der Waals surface area contributed by atoms with E-state index in [1.54, 1.807) is 0 Å². The van der Waals surface area contributed by atoms with Crippen molar-refractivity contribution >= 4 is 11.8 Å². The van der Waals surface area contributed by atoms with Crippen molar-refractivity contribution in [3.05, 3.63) is 0 Å². The highest BCUT2D eigenvalue weighted by Gasteiger charge is 2.62. The van der Waals surface area contributed by atoms with Gasteiger partial charge in [0.05, 0.1) is 0 Å². The summed E-state index contributed by atoms with van der Waals surface area (Å²) in [5.41, 5.74) is 0.546. The molecule has 206 valence electrons. The highest BCUT2D eigenvalue weighted by atomic mass is 16.2. The number of piperidine rings is 1. The third-order valence-electron chi connectivity index (χ3n) is 11.7. The summed E-state index contributed by atoms with van der Waals surface area (Å²) in [7, 11) is 2.06. The molecule has 4 nitrogen and oxygen atoms in total. The number of carbonyl (C=O) groups is 2. The molecule has 7 atom stereocenters. The molecule has 4 fully saturated rings. The summed E-state index contributed by atoms with van der Waals surface area (Å²) in [4.78, 5) is 30.6. The van der Waals surface area contributed by atoms with E-state index in [4.69, 9.17) is 0 Å². The van der Waals surface area contributed by atoms with E-state index in [0.717, 1.165) is 50.0 Å². The monoisotopic (exact) mass is 500 g/mol. The Labute approximate surface area is 222 Å². The molecule has 1 aliphatic heterocycles. The topological polar surface area (TPSA) is 40.6 Å². The zero-order chi connectivity index (χ0) is 25.9. The Hall–Kier alpha value is -1.06. The lowest BCUT2D eigenvalue weighted by atomic mass is 9.47. The Morgan fingerprint density at radius 2 is 1.56 bits per heavy atom. The molecule has 36 heavy (non-hydrogen) atoms. The molecule has 0 radical (unpaired) electrons. The molecule has 0 spiro atoms. The van der Waals surface area contributed by atoms with Crippen LogP contribution in [0.5, 0.6) is 0 Å². The molecule has 4 rings (SSSR count). The largest absolute Gasteiger partial charge is 0.342 e. The summed E-state index contributed by atoms with van der Waals surface area (Å²) in [5.74, 6) is 3.06. The number of amides is 2. The fraction of sp³-hybridized carbons (Fsp3) is 0.938. The zero-order valence-corrected chi connectivity index (χ0v) is 24.3. The second-order valence-corrected chi connectivity index (χ2v) is 13.6. The molecule has 3 aliphatic carbocycles. The Balaban J connectivity index is 1.49. The maximum atomic E-state index is 13.6. The molecule has 3 saturated carbocycles. The zero-order valence-electron chi connectivity index (χ0n) is 24.3. The maximum absolute atomic E-state index is 13.6. The predicted molar refractivity (Wildman–Crippen MR) is 149 cm³/mol. The van der Waals surface area contributed by atoms with E-state index in [-0.39, 0.29) is 10.8 Å². The van der Waals surface area contributed by atoms with Crippen molar-refractivity contribution in [3.8, 4) is 0 Å². The summed E-state index contributed by atoms with van der Waals surface area (Å²) < 4.78 is 0. The third-order valence-corrected chi connectivity index (χ3v) is 11.7. The van der Waals surface area contributed by atoms with Crippen LogP contribution in [0.3, 0.4) is 0 Å². The molecule has 4 heteroatoms. The quantitative estimate of drug-likeness (QED) is 0.274. The average molecular weight is 501 g/mol. The molecule has 1 saturated heterocycles. The number of unbranched alkanes of at least 4 members (excludes halogenated alkanes) is 6. The molecule has 2 amide bonds. The Bertz CT molecular complexity index is 767. The lowest BCUT2D eigenvalue weighted by molar-refractivity contribution is -0.159. The Morgan fingerprint density at radius 1 is 0.861 bits per heavy atom. The standard InChI is InChI=1S/C32H56N2O2/c1-6-8-10-11-13-23-34(30(36)14-12-9-7-2)28-18-16-25-24-15-17-27-31(3,22-20-29(35)33(27)5)26(24)19-21-32(25,28)4/h24-28H,6-23H2,1-5H3/t24-,25-,26-,27+,28-,31+,32-/m0/s1. The van der Waals surface area contributed by atoms with Crippen LogP contribution >= 0.6 is 0 Å². The highest BCUT2D eigenvalue weighted by molar-refractivity contribution is 5.77. The molecular formula is C32H56N2O2. The van der Waals surface area contributed by atoms with Crippen LogP contribution in [0.25, 0.3) is 0 Å². The van der Waals surface area contributed by atoms with Gasteiger partial charge in [-0.1, -0.05) is 66.2 Å². The lowest BCUT2D eigenvalue weighted by Crippen LogP contribution is -2.62. The lowest BCUT2D eigenvalue weighted by Gasteiger charge is -2.62. The van der Waals surface area contributed by atoms with E-state index >= 15 is 0 Å². The summed E-state index contributed by atoms with van der Waals surface area (Å²) in [6.45, 7) is 10.6. The first kappa shape index (κ1) is 28.0. The number of hydrogen-bond donors (Lipinski definition) is 0. The van der Waals surface area contributed by atoms with E-state index in [0.29, 0.717) is 23.9 Å². The van der Waals surface area contributed by atoms with Crippen molar-refractivity contribution in [2.75, 3.05) is 13.6 Å².